The van der Waals surface area contributed by atoms with E-state index in [1.54, 1.807) is 0 Å². The van der Waals surface area contributed by atoms with Crippen LogP contribution in [0, 0.1) is 0 Å². The lowest BCUT2D eigenvalue weighted by Crippen LogP contribution is -2.57. The van der Waals surface area contributed by atoms with Gasteiger partial charge in [0.25, 0.3) is 0 Å². The van der Waals surface area contributed by atoms with Crippen LogP contribution in [0.15, 0.2) is 4.99 Å². The van der Waals surface area contributed by atoms with E-state index in [0.29, 0.717) is 84.0 Å². The van der Waals surface area contributed by atoms with Crippen molar-refractivity contribution in [1.29, 1.82) is 0 Å². The fraction of sp³-hybridized carbons (Fsp3) is 0.773. The van der Waals surface area contributed by atoms with E-state index in [2.05, 4.69) is 10.3 Å². The molecule has 0 aliphatic carbocycles. The molecule has 13 nitrogen and oxygen atoms in total. The molecular weight excluding hydrogens is 454 g/mol. The molecule has 2 fully saturated rings. The Balaban J connectivity index is 2.04. The molecular formula is C22H41N9O4. The van der Waals surface area contributed by atoms with Crippen LogP contribution in [-0.4, -0.2) is 89.7 Å². The van der Waals surface area contributed by atoms with Gasteiger partial charge in [-0.3, -0.25) is 24.2 Å². The summed E-state index contributed by atoms with van der Waals surface area (Å²) in [6, 6.07) is -2.97. The number of hydrogen-bond donors (Lipinski definition) is 6. The summed E-state index contributed by atoms with van der Waals surface area (Å²) >= 11 is 0. The Bertz CT molecular complexity index is 787. The Hall–Kier alpha value is -2.93. The van der Waals surface area contributed by atoms with Crippen LogP contribution >= 0.6 is 0 Å². The molecule has 0 aromatic rings. The standard InChI is InChI=1S/C22H41N9O4/c23-10-2-1-7-15(21(35)30-12-4-8-16(30)18(25)32)29-19(33)17-9-5-13-31(17)20(34)14(24)6-3-11-28-22(26)27/h14-17H,1-13,23-24H2,(H2,25,32)(H,29,33)(H4,26,27,28)/t14-,15-,16-,17-/m0/s1. The normalized spacial score (nSPS) is 21.4. The molecule has 0 radical (unpaired) electrons. The molecule has 4 atom stereocenters. The van der Waals surface area contributed by atoms with Crippen LogP contribution in [0.2, 0.25) is 0 Å². The second kappa shape index (κ2) is 13.8. The Morgan fingerprint density at radius 3 is 2.11 bits per heavy atom. The number of guanidine groups is 1. The summed E-state index contributed by atoms with van der Waals surface area (Å²) in [7, 11) is 0. The first-order valence-corrected chi connectivity index (χ1v) is 12.4. The van der Waals surface area contributed by atoms with E-state index in [4.69, 9.17) is 28.7 Å². The fourth-order valence-corrected chi connectivity index (χ4v) is 4.70. The van der Waals surface area contributed by atoms with Gasteiger partial charge in [-0.1, -0.05) is 0 Å². The highest BCUT2D eigenvalue weighted by atomic mass is 16.2. The second-order valence-corrected chi connectivity index (χ2v) is 9.18. The number of rotatable bonds is 13. The maximum absolute atomic E-state index is 13.3. The molecule has 4 amide bonds. The van der Waals surface area contributed by atoms with Crippen LogP contribution in [0.4, 0.5) is 0 Å². The van der Waals surface area contributed by atoms with E-state index in [1.165, 1.54) is 9.80 Å². The fourth-order valence-electron chi connectivity index (χ4n) is 4.70. The number of likely N-dealkylation sites (tertiary alicyclic amines) is 2. The van der Waals surface area contributed by atoms with Gasteiger partial charge in [-0.05, 0) is 64.3 Å². The third-order valence-electron chi connectivity index (χ3n) is 6.55. The van der Waals surface area contributed by atoms with Crippen molar-refractivity contribution in [1.82, 2.24) is 15.1 Å². The van der Waals surface area contributed by atoms with Crippen molar-refractivity contribution in [3.05, 3.63) is 0 Å². The van der Waals surface area contributed by atoms with Gasteiger partial charge in [0.15, 0.2) is 5.96 Å². The summed E-state index contributed by atoms with van der Waals surface area (Å²) in [4.78, 5) is 58.0. The molecule has 0 aromatic heterocycles. The van der Waals surface area contributed by atoms with Gasteiger partial charge in [-0.25, -0.2) is 0 Å². The van der Waals surface area contributed by atoms with Gasteiger partial charge in [0.05, 0.1) is 6.04 Å². The summed E-state index contributed by atoms with van der Waals surface area (Å²) in [5.41, 5.74) is 27.8. The van der Waals surface area contributed by atoms with Gasteiger partial charge in [0.2, 0.25) is 23.6 Å². The summed E-state index contributed by atoms with van der Waals surface area (Å²) in [6.07, 6.45) is 4.95. The number of carbonyl (C=O) groups excluding carboxylic acids is 4. The molecule has 11 N–H and O–H groups in total. The smallest absolute Gasteiger partial charge is 0.245 e. The molecule has 2 rings (SSSR count). The maximum atomic E-state index is 13.3. The SMILES string of the molecule is NCCCC[C@H](NC(=O)[C@@H]1CCCN1C(=O)[C@@H](N)CCCN=C(N)N)C(=O)N1CCC[C@H]1C(N)=O. The molecule has 0 unspecified atom stereocenters. The van der Waals surface area contributed by atoms with E-state index < -0.39 is 36.0 Å². The number of unbranched alkanes of at least 4 members (excludes halogenated alkanes) is 1. The summed E-state index contributed by atoms with van der Waals surface area (Å²) in [5, 5.41) is 2.84. The molecule has 13 heteroatoms. The van der Waals surface area contributed by atoms with Crippen molar-refractivity contribution >= 4 is 29.6 Å². The Morgan fingerprint density at radius 2 is 1.51 bits per heavy atom. The summed E-state index contributed by atoms with van der Waals surface area (Å²) in [5.74, 6) is -1.61. The summed E-state index contributed by atoms with van der Waals surface area (Å²) < 4.78 is 0. The lowest BCUT2D eigenvalue weighted by molar-refractivity contribution is -0.143. The van der Waals surface area contributed by atoms with Gasteiger partial charge in [0.1, 0.15) is 18.1 Å². The number of nitrogens with zero attached hydrogens (tertiary/aromatic N) is 3. The van der Waals surface area contributed by atoms with Gasteiger partial charge in [-0.15, -0.1) is 0 Å². The summed E-state index contributed by atoms with van der Waals surface area (Å²) in [6.45, 7) is 1.66. The number of hydrogen-bond acceptors (Lipinski definition) is 7. The number of nitrogens with two attached hydrogens (primary N) is 5. The second-order valence-electron chi connectivity index (χ2n) is 9.18. The molecule has 0 spiro atoms. The first-order chi connectivity index (χ1) is 16.7. The molecule has 0 saturated carbocycles. The van der Waals surface area contributed by atoms with Crippen LogP contribution in [-0.2, 0) is 19.2 Å². The highest BCUT2D eigenvalue weighted by Gasteiger charge is 2.40. The van der Waals surface area contributed by atoms with Crippen molar-refractivity contribution in [2.45, 2.75) is 82.0 Å². The Kier molecular flexibility index (Phi) is 11.2. The maximum Gasteiger partial charge on any atom is 0.245 e. The number of amides is 4. The quantitative estimate of drug-likeness (QED) is 0.0902. The molecule has 2 saturated heterocycles. The number of carbonyl (C=O) groups is 4. The average molecular weight is 496 g/mol. The first kappa shape index (κ1) is 28.3. The first-order valence-electron chi connectivity index (χ1n) is 12.4. The van der Waals surface area contributed by atoms with Crippen LogP contribution in [0.25, 0.3) is 0 Å². The molecule has 2 aliphatic heterocycles. The van der Waals surface area contributed by atoms with Gasteiger partial charge in [0, 0.05) is 19.6 Å². The predicted molar refractivity (Wildman–Crippen MR) is 131 cm³/mol. The third-order valence-corrected chi connectivity index (χ3v) is 6.55. The van der Waals surface area contributed by atoms with E-state index in [0.717, 1.165) is 0 Å². The van der Waals surface area contributed by atoms with Crippen LogP contribution in [0.5, 0.6) is 0 Å². The van der Waals surface area contributed by atoms with Crippen molar-refractivity contribution in [2.75, 3.05) is 26.2 Å². The minimum absolute atomic E-state index is 0.0205. The minimum atomic E-state index is -0.820. The third kappa shape index (κ3) is 8.06. The highest BCUT2D eigenvalue weighted by molar-refractivity contribution is 5.95. The van der Waals surface area contributed by atoms with E-state index in [1.807, 2.05) is 0 Å². The molecule has 0 bridgehead atoms. The predicted octanol–water partition coefficient (Wildman–Crippen LogP) is -2.55. The van der Waals surface area contributed by atoms with Crippen molar-refractivity contribution in [3.63, 3.8) is 0 Å². The van der Waals surface area contributed by atoms with Crippen LogP contribution in [0.1, 0.15) is 57.8 Å². The molecule has 198 valence electrons. The zero-order valence-electron chi connectivity index (χ0n) is 20.4. The van der Waals surface area contributed by atoms with E-state index >= 15 is 0 Å². The molecule has 2 aliphatic rings. The number of nitrogens with one attached hydrogen (secondary N) is 1. The molecule has 0 aromatic carbocycles. The lowest BCUT2D eigenvalue weighted by atomic mass is 10.1. The average Bonchev–Trinajstić information content (AvgIpc) is 3.50. The van der Waals surface area contributed by atoms with Crippen molar-refractivity contribution < 1.29 is 19.2 Å². The van der Waals surface area contributed by atoms with E-state index in [9.17, 15) is 19.2 Å². The highest BCUT2D eigenvalue weighted by Crippen LogP contribution is 2.22. The number of primary amides is 1. The van der Waals surface area contributed by atoms with Crippen LogP contribution in [0.3, 0.4) is 0 Å². The molecule has 35 heavy (non-hydrogen) atoms. The molecule has 2 heterocycles. The zero-order valence-corrected chi connectivity index (χ0v) is 20.4. The zero-order chi connectivity index (χ0) is 26.0. The largest absolute Gasteiger partial charge is 0.370 e. The van der Waals surface area contributed by atoms with Gasteiger partial charge in [-0.2, -0.15) is 0 Å². The van der Waals surface area contributed by atoms with Crippen molar-refractivity contribution in [3.8, 4) is 0 Å². The van der Waals surface area contributed by atoms with E-state index in [-0.39, 0.29) is 17.8 Å². The number of aliphatic imine (C=N–C) groups is 1. The Morgan fingerprint density at radius 1 is 0.886 bits per heavy atom. The lowest BCUT2D eigenvalue weighted by Gasteiger charge is -2.31. The van der Waals surface area contributed by atoms with Gasteiger partial charge >= 0.3 is 0 Å². The topological polar surface area (TPSA) is 229 Å². The van der Waals surface area contributed by atoms with Crippen molar-refractivity contribution in [2.24, 2.45) is 33.7 Å². The monoisotopic (exact) mass is 495 g/mol. The van der Waals surface area contributed by atoms with Gasteiger partial charge < -0.3 is 43.8 Å². The Labute approximate surface area is 206 Å². The van der Waals surface area contributed by atoms with Crippen LogP contribution < -0.4 is 34.0 Å². The minimum Gasteiger partial charge on any atom is -0.370 e.